The molecule has 0 saturated carbocycles. The minimum Gasteiger partial charge on any atom is -0.395 e. The molecule has 4 heteroatoms. The lowest BCUT2D eigenvalue weighted by molar-refractivity contribution is 0.0606. The van der Waals surface area contributed by atoms with E-state index < -0.39 is 0 Å². The molecule has 15 heavy (non-hydrogen) atoms. The van der Waals surface area contributed by atoms with Crippen molar-refractivity contribution in [2.24, 2.45) is 0 Å². The van der Waals surface area contributed by atoms with Gasteiger partial charge in [-0.15, -0.1) is 0 Å². The Morgan fingerprint density at radius 2 is 2.07 bits per heavy atom. The van der Waals surface area contributed by atoms with Gasteiger partial charge in [0.05, 0.1) is 19.3 Å². The van der Waals surface area contributed by atoms with Crippen LogP contribution in [0.25, 0.3) is 0 Å². The fourth-order valence-electron chi connectivity index (χ4n) is 1.39. The van der Waals surface area contributed by atoms with E-state index in [4.69, 9.17) is 9.84 Å². The van der Waals surface area contributed by atoms with Gasteiger partial charge >= 0.3 is 0 Å². The third-order valence-corrected chi connectivity index (χ3v) is 2.17. The number of aliphatic hydroxyl groups is 1. The zero-order chi connectivity index (χ0) is 11.7. The summed E-state index contributed by atoms with van der Waals surface area (Å²) in [6.45, 7) is 9.70. The summed E-state index contributed by atoms with van der Waals surface area (Å²) in [6, 6.07) is 0.166. The Kier molecular flexibility index (Phi) is 9.00. The fraction of sp³-hybridized carbons (Fsp3) is 1.00. The van der Waals surface area contributed by atoms with Crippen LogP contribution in [0, 0.1) is 0 Å². The van der Waals surface area contributed by atoms with Crippen LogP contribution >= 0.6 is 0 Å². The maximum absolute atomic E-state index is 9.10. The van der Waals surface area contributed by atoms with Gasteiger partial charge in [-0.05, 0) is 27.4 Å². The first-order valence-electron chi connectivity index (χ1n) is 5.74. The second kappa shape index (κ2) is 9.09. The summed E-state index contributed by atoms with van der Waals surface area (Å²) in [5.74, 6) is 0. The predicted octanol–water partition coefficient (Wildman–Crippen LogP) is 0.314. The van der Waals surface area contributed by atoms with E-state index in [9.17, 15) is 0 Å². The van der Waals surface area contributed by atoms with Crippen LogP contribution < -0.4 is 5.32 Å². The molecular formula is C11H26N2O2. The highest BCUT2D eigenvalue weighted by Gasteiger charge is 2.08. The summed E-state index contributed by atoms with van der Waals surface area (Å²) in [5.41, 5.74) is 0. The number of aliphatic hydroxyl groups excluding tert-OH is 1. The summed E-state index contributed by atoms with van der Waals surface area (Å²) in [5, 5.41) is 12.3. The van der Waals surface area contributed by atoms with E-state index >= 15 is 0 Å². The van der Waals surface area contributed by atoms with Crippen LogP contribution in [-0.4, -0.2) is 62.0 Å². The van der Waals surface area contributed by atoms with Gasteiger partial charge in [-0.1, -0.05) is 6.92 Å². The number of hydrogen-bond donors (Lipinski definition) is 2. The Hall–Kier alpha value is -0.160. The normalized spacial score (nSPS) is 13.8. The van der Waals surface area contributed by atoms with Crippen LogP contribution in [0.5, 0.6) is 0 Å². The van der Waals surface area contributed by atoms with E-state index in [0.29, 0.717) is 6.10 Å². The average molecular weight is 218 g/mol. The summed E-state index contributed by atoms with van der Waals surface area (Å²) in [7, 11) is 2.05. The van der Waals surface area contributed by atoms with E-state index in [1.54, 1.807) is 0 Å². The minimum atomic E-state index is 0.166. The Morgan fingerprint density at radius 3 is 2.53 bits per heavy atom. The molecule has 0 aromatic carbocycles. The van der Waals surface area contributed by atoms with Crippen LogP contribution in [-0.2, 0) is 4.74 Å². The SMILES string of the molecule is CCNC(CO)CN(C)CCOC(C)C. The van der Waals surface area contributed by atoms with E-state index in [-0.39, 0.29) is 12.6 Å². The largest absolute Gasteiger partial charge is 0.395 e. The molecule has 0 spiro atoms. The van der Waals surface area contributed by atoms with Gasteiger partial charge in [0.2, 0.25) is 0 Å². The maximum Gasteiger partial charge on any atom is 0.0597 e. The van der Waals surface area contributed by atoms with Crippen molar-refractivity contribution in [3.8, 4) is 0 Å². The van der Waals surface area contributed by atoms with Crippen LogP contribution in [0.2, 0.25) is 0 Å². The molecule has 1 unspecified atom stereocenters. The van der Waals surface area contributed by atoms with Crippen LogP contribution in [0.4, 0.5) is 0 Å². The third-order valence-electron chi connectivity index (χ3n) is 2.17. The van der Waals surface area contributed by atoms with Gasteiger partial charge in [0.15, 0.2) is 0 Å². The molecule has 2 N–H and O–H groups in total. The molecule has 0 rings (SSSR count). The molecule has 4 nitrogen and oxygen atoms in total. The predicted molar refractivity (Wildman–Crippen MR) is 63.1 cm³/mol. The number of rotatable bonds is 9. The number of nitrogens with one attached hydrogen (secondary N) is 1. The van der Waals surface area contributed by atoms with Crippen molar-refractivity contribution in [2.45, 2.75) is 32.9 Å². The average Bonchev–Trinajstić information content (AvgIpc) is 2.16. The molecule has 0 fully saturated rings. The van der Waals surface area contributed by atoms with Gasteiger partial charge in [0.1, 0.15) is 0 Å². The molecule has 0 amide bonds. The number of likely N-dealkylation sites (N-methyl/N-ethyl adjacent to an activating group) is 2. The van der Waals surface area contributed by atoms with E-state index in [0.717, 1.165) is 26.2 Å². The Labute approximate surface area is 93.6 Å². The highest BCUT2D eigenvalue weighted by Crippen LogP contribution is 1.92. The van der Waals surface area contributed by atoms with Crippen molar-refractivity contribution in [3.63, 3.8) is 0 Å². The second-order valence-corrected chi connectivity index (χ2v) is 4.12. The Balaban J connectivity index is 3.56. The molecule has 92 valence electrons. The van der Waals surface area contributed by atoms with E-state index in [1.807, 2.05) is 27.8 Å². The summed E-state index contributed by atoms with van der Waals surface area (Å²) in [4.78, 5) is 2.17. The molecule has 0 radical (unpaired) electrons. The molecule has 0 heterocycles. The molecule has 0 aromatic rings. The maximum atomic E-state index is 9.10. The molecule has 1 atom stereocenters. The zero-order valence-corrected chi connectivity index (χ0v) is 10.5. The van der Waals surface area contributed by atoms with Gasteiger partial charge in [0, 0.05) is 19.1 Å². The van der Waals surface area contributed by atoms with Crippen molar-refractivity contribution in [2.75, 3.05) is 39.9 Å². The first-order chi connectivity index (χ1) is 7.10. The second-order valence-electron chi connectivity index (χ2n) is 4.12. The van der Waals surface area contributed by atoms with E-state index in [2.05, 4.69) is 10.2 Å². The lowest BCUT2D eigenvalue weighted by Crippen LogP contribution is -2.42. The van der Waals surface area contributed by atoms with Crippen molar-refractivity contribution < 1.29 is 9.84 Å². The van der Waals surface area contributed by atoms with Gasteiger partial charge in [-0.25, -0.2) is 0 Å². The number of nitrogens with zero attached hydrogens (tertiary/aromatic N) is 1. The van der Waals surface area contributed by atoms with Crippen molar-refractivity contribution in [3.05, 3.63) is 0 Å². The van der Waals surface area contributed by atoms with Crippen LogP contribution in [0.3, 0.4) is 0 Å². The highest BCUT2D eigenvalue weighted by atomic mass is 16.5. The number of ether oxygens (including phenoxy) is 1. The first kappa shape index (κ1) is 14.8. The monoisotopic (exact) mass is 218 g/mol. The van der Waals surface area contributed by atoms with Crippen molar-refractivity contribution in [1.29, 1.82) is 0 Å². The summed E-state index contributed by atoms with van der Waals surface area (Å²) in [6.07, 6.45) is 0.292. The minimum absolute atomic E-state index is 0.166. The fourth-order valence-corrected chi connectivity index (χ4v) is 1.39. The summed E-state index contributed by atoms with van der Waals surface area (Å²) < 4.78 is 5.46. The topological polar surface area (TPSA) is 44.7 Å². The smallest absolute Gasteiger partial charge is 0.0597 e. The molecule has 0 bridgehead atoms. The lowest BCUT2D eigenvalue weighted by Gasteiger charge is -2.23. The van der Waals surface area contributed by atoms with Gasteiger partial charge in [-0.3, -0.25) is 0 Å². The molecule has 0 aliphatic heterocycles. The standard InChI is InChI=1S/C11H26N2O2/c1-5-12-11(9-14)8-13(4)6-7-15-10(2)3/h10-12,14H,5-9H2,1-4H3. The van der Waals surface area contributed by atoms with Crippen molar-refractivity contribution >= 4 is 0 Å². The zero-order valence-electron chi connectivity index (χ0n) is 10.5. The summed E-state index contributed by atoms with van der Waals surface area (Å²) >= 11 is 0. The van der Waals surface area contributed by atoms with Crippen LogP contribution in [0.1, 0.15) is 20.8 Å². The number of hydrogen-bond acceptors (Lipinski definition) is 4. The Bertz CT molecular complexity index is 143. The van der Waals surface area contributed by atoms with Gasteiger partial charge in [0.25, 0.3) is 0 Å². The van der Waals surface area contributed by atoms with Gasteiger partial charge < -0.3 is 20.1 Å². The molecule has 0 aromatic heterocycles. The quantitative estimate of drug-likeness (QED) is 0.585. The highest BCUT2D eigenvalue weighted by molar-refractivity contribution is 4.68. The van der Waals surface area contributed by atoms with E-state index in [1.165, 1.54) is 0 Å². The lowest BCUT2D eigenvalue weighted by atomic mass is 10.3. The van der Waals surface area contributed by atoms with Gasteiger partial charge in [-0.2, -0.15) is 0 Å². The van der Waals surface area contributed by atoms with Crippen molar-refractivity contribution in [1.82, 2.24) is 10.2 Å². The Morgan fingerprint density at radius 1 is 1.40 bits per heavy atom. The molecular weight excluding hydrogens is 192 g/mol. The third kappa shape index (κ3) is 8.81. The molecule has 0 aliphatic carbocycles. The molecule has 0 saturated heterocycles. The molecule has 0 aliphatic rings. The first-order valence-corrected chi connectivity index (χ1v) is 5.74. The van der Waals surface area contributed by atoms with Crippen LogP contribution in [0.15, 0.2) is 0 Å².